The van der Waals surface area contributed by atoms with Gasteiger partial charge in [0.05, 0.1) is 6.67 Å². The Kier molecular flexibility index (Phi) is 2.88. The fourth-order valence-electron chi connectivity index (χ4n) is 2.24. The van der Waals surface area contributed by atoms with Gasteiger partial charge in [-0.2, -0.15) is 0 Å². The van der Waals surface area contributed by atoms with Gasteiger partial charge in [0, 0.05) is 0 Å². The van der Waals surface area contributed by atoms with Crippen molar-refractivity contribution in [3.8, 4) is 0 Å². The van der Waals surface area contributed by atoms with Crippen LogP contribution in [0, 0.1) is 6.92 Å². The van der Waals surface area contributed by atoms with Crippen molar-refractivity contribution in [3.63, 3.8) is 0 Å². The summed E-state index contributed by atoms with van der Waals surface area (Å²) in [7, 11) is 0. The summed E-state index contributed by atoms with van der Waals surface area (Å²) in [5.41, 5.74) is 0.781. The van der Waals surface area contributed by atoms with E-state index in [2.05, 4.69) is 10.6 Å². The summed E-state index contributed by atoms with van der Waals surface area (Å²) in [4.78, 5) is 24.1. The van der Waals surface area contributed by atoms with E-state index in [-0.39, 0.29) is 18.5 Å². The molecule has 1 aliphatic heterocycles. The van der Waals surface area contributed by atoms with E-state index in [1.54, 1.807) is 0 Å². The number of amides is 2. The zero-order valence-corrected chi connectivity index (χ0v) is 10.0. The van der Waals surface area contributed by atoms with Gasteiger partial charge >= 0.3 is 0 Å². The molecule has 17 heavy (non-hydrogen) atoms. The van der Waals surface area contributed by atoms with E-state index in [0.29, 0.717) is 6.42 Å². The normalized spacial score (nSPS) is 18.5. The Labute approximate surface area is 100 Å². The molecule has 0 aliphatic carbocycles. The second kappa shape index (κ2) is 4.20. The second-order valence-corrected chi connectivity index (χ2v) is 4.31. The van der Waals surface area contributed by atoms with Crippen LogP contribution in [-0.2, 0) is 15.0 Å². The van der Waals surface area contributed by atoms with E-state index in [0.717, 1.165) is 11.1 Å². The molecule has 0 bridgehead atoms. The van der Waals surface area contributed by atoms with Crippen LogP contribution >= 0.6 is 0 Å². The summed E-state index contributed by atoms with van der Waals surface area (Å²) in [6, 6.07) is 7.54. The minimum absolute atomic E-state index is 0.214. The maximum Gasteiger partial charge on any atom is 0.241 e. The summed E-state index contributed by atoms with van der Waals surface area (Å²) in [5, 5.41) is 5.39. The maximum atomic E-state index is 12.1. The molecule has 2 amide bonds. The topological polar surface area (TPSA) is 58.2 Å². The maximum absolute atomic E-state index is 12.1. The highest BCUT2D eigenvalue weighted by Gasteiger charge is 2.47. The monoisotopic (exact) mass is 232 g/mol. The number of hydrogen-bond acceptors (Lipinski definition) is 2. The zero-order valence-electron chi connectivity index (χ0n) is 10.0. The molecule has 4 nitrogen and oxygen atoms in total. The van der Waals surface area contributed by atoms with Crippen molar-refractivity contribution in [2.75, 3.05) is 6.67 Å². The van der Waals surface area contributed by atoms with Gasteiger partial charge in [0.15, 0.2) is 5.41 Å². The zero-order chi connectivity index (χ0) is 12.5. The van der Waals surface area contributed by atoms with Crippen molar-refractivity contribution in [1.29, 1.82) is 0 Å². The van der Waals surface area contributed by atoms with E-state index < -0.39 is 5.41 Å². The number of nitrogens with one attached hydrogen (secondary N) is 2. The van der Waals surface area contributed by atoms with Crippen LogP contribution in [0.3, 0.4) is 0 Å². The SMILES string of the molecule is CCC1(c2ccc(C)cc2)C(=O)NCNC1=O. The van der Waals surface area contributed by atoms with Crippen LogP contribution in [0.25, 0.3) is 0 Å². The fourth-order valence-corrected chi connectivity index (χ4v) is 2.24. The first-order chi connectivity index (χ1) is 8.11. The first-order valence-corrected chi connectivity index (χ1v) is 5.75. The van der Waals surface area contributed by atoms with Crippen molar-refractivity contribution in [2.24, 2.45) is 0 Å². The quantitative estimate of drug-likeness (QED) is 0.743. The first-order valence-electron chi connectivity index (χ1n) is 5.75. The Morgan fingerprint density at radius 1 is 1.12 bits per heavy atom. The van der Waals surface area contributed by atoms with Crippen molar-refractivity contribution in [2.45, 2.75) is 25.7 Å². The summed E-state index contributed by atoms with van der Waals surface area (Å²) in [6.07, 6.45) is 0.452. The highest BCUT2D eigenvalue weighted by atomic mass is 16.2. The smallest absolute Gasteiger partial charge is 0.241 e. The van der Waals surface area contributed by atoms with E-state index in [4.69, 9.17) is 0 Å². The lowest BCUT2D eigenvalue weighted by molar-refractivity contribution is -0.141. The van der Waals surface area contributed by atoms with Crippen LogP contribution in [0.4, 0.5) is 0 Å². The van der Waals surface area contributed by atoms with Crippen LogP contribution in [0.5, 0.6) is 0 Å². The molecule has 0 radical (unpaired) electrons. The van der Waals surface area contributed by atoms with Gasteiger partial charge in [-0.15, -0.1) is 0 Å². The van der Waals surface area contributed by atoms with Gasteiger partial charge in [0.25, 0.3) is 0 Å². The van der Waals surface area contributed by atoms with Crippen molar-refractivity contribution in [3.05, 3.63) is 35.4 Å². The van der Waals surface area contributed by atoms with Gasteiger partial charge in [-0.3, -0.25) is 9.59 Å². The molecule has 1 heterocycles. The molecule has 2 N–H and O–H groups in total. The molecule has 0 spiro atoms. The van der Waals surface area contributed by atoms with Gasteiger partial charge in [-0.1, -0.05) is 36.8 Å². The molecular weight excluding hydrogens is 216 g/mol. The molecule has 0 saturated carbocycles. The van der Waals surface area contributed by atoms with Crippen molar-refractivity contribution >= 4 is 11.8 Å². The van der Waals surface area contributed by atoms with Crippen LogP contribution in [-0.4, -0.2) is 18.5 Å². The molecule has 0 atom stereocenters. The predicted octanol–water partition coefficient (Wildman–Crippen LogP) is 0.846. The summed E-state index contributed by atoms with van der Waals surface area (Å²) < 4.78 is 0. The van der Waals surface area contributed by atoms with E-state index in [9.17, 15) is 9.59 Å². The lowest BCUT2D eigenvalue weighted by atomic mass is 9.75. The molecule has 2 rings (SSSR count). The molecule has 1 aliphatic rings. The molecule has 1 fully saturated rings. The highest BCUT2D eigenvalue weighted by molar-refractivity contribution is 6.12. The lowest BCUT2D eigenvalue weighted by Gasteiger charge is -2.34. The molecule has 1 aromatic carbocycles. The fraction of sp³-hybridized carbons (Fsp3) is 0.385. The Morgan fingerprint density at radius 2 is 1.65 bits per heavy atom. The molecule has 1 saturated heterocycles. The first kappa shape index (κ1) is 11.6. The number of aryl methyl sites for hydroxylation is 1. The van der Waals surface area contributed by atoms with Crippen LogP contribution in [0.15, 0.2) is 24.3 Å². The Hall–Kier alpha value is -1.84. The Bertz CT molecular complexity index is 435. The Balaban J connectivity index is 2.52. The van der Waals surface area contributed by atoms with Gasteiger partial charge < -0.3 is 10.6 Å². The molecule has 90 valence electrons. The second-order valence-electron chi connectivity index (χ2n) is 4.31. The summed E-state index contributed by atoms with van der Waals surface area (Å²) in [5.74, 6) is -0.430. The average Bonchev–Trinajstić information content (AvgIpc) is 2.32. The van der Waals surface area contributed by atoms with E-state index >= 15 is 0 Å². The summed E-state index contributed by atoms with van der Waals surface area (Å²) >= 11 is 0. The van der Waals surface area contributed by atoms with Crippen molar-refractivity contribution in [1.82, 2.24) is 10.6 Å². The molecular formula is C13H16N2O2. The highest BCUT2D eigenvalue weighted by Crippen LogP contribution is 2.30. The molecule has 4 heteroatoms. The Morgan fingerprint density at radius 3 is 2.12 bits per heavy atom. The van der Waals surface area contributed by atoms with Gasteiger partial charge in [-0.25, -0.2) is 0 Å². The van der Waals surface area contributed by atoms with Crippen molar-refractivity contribution < 1.29 is 9.59 Å². The predicted molar refractivity (Wildman–Crippen MR) is 64.3 cm³/mol. The standard InChI is InChI=1S/C13H16N2O2/c1-3-13(10-6-4-9(2)5-7-10)11(16)14-8-15-12(13)17/h4-7H,3,8H2,1-2H3,(H,14,16)(H,15,17). The largest absolute Gasteiger partial charge is 0.337 e. The average molecular weight is 232 g/mol. The van der Waals surface area contributed by atoms with Crippen LogP contribution in [0.1, 0.15) is 24.5 Å². The number of hydrogen-bond donors (Lipinski definition) is 2. The van der Waals surface area contributed by atoms with E-state index in [1.807, 2.05) is 38.1 Å². The number of rotatable bonds is 2. The van der Waals surface area contributed by atoms with E-state index in [1.165, 1.54) is 0 Å². The van der Waals surface area contributed by atoms with Crippen LogP contribution in [0.2, 0.25) is 0 Å². The van der Waals surface area contributed by atoms with Crippen LogP contribution < -0.4 is 10.6 Å². The third-order valence-corrected chi connectivity index (χ3v) is 3.35. The third kappa shape index (κ3) is 1.69. The van der Waals surface area contributed by atoms with Gasteiger partial charge in [0.1, 0.15) is 0 Å². The number of carbonyl (C=O) groups excluding carboxylic acids is 2. The number of carbonyl (C=O) groups is 2. The molecule has 0 unspecified atom stereocenters. The molecule has 0 aromatic heterocycles. The third-order valence-electron chi connectivity index (χ3n) is 3.35. The lowest BCUT2D eigenvalue weighted by Crippen LogP contribution is -2.62. The number of benzene rings is 1. The summed E-state index contributed by atoms with van der Waals surface area (Å²) in [6.45, 7) is 4.04. The van der Waals surface area contributed by atoms with Gasteiger partial charge in [0.2, 0.25) is 11.8 Å². The molecule has 1 aromatic rings. The minimum atomic E-state index is -1.08. The van der Waals surface area contributed by atoms with Gasteiger partial charge in [-0.05, 0) is 18.9 Å². The minimum Gasteiger partial charge on any atom is -0.337 e.